The van der Waals surface area contributed by atoms with Gasteiger partial charge >= 0.3 is 0 Å². The van der Waals surface area contributed by atoms with Crippen LogP contribution in [0, 0.1) is 11.8 Å². The second-order valence-electron chi connectivity index (χ2n) is 7.81. The zero-order valence-corrected chi connectivity index (χ0v) is 17.5. The van der Waals surface area contributed by atoms with Gasteiger partial charge < -0.3 is 9.47 Å². The molecular weight excluding hydrogens is 320 g/mol. The summed E-state index contributed by atoms with van der Waals surface area (Å²) in [5.41, 5.74) is 0. The first kappa shape index (κ1) is 23.5. The summed E-state index contributed by atoms with van der Waals surface area (Å²) in [5.74, 6) is 6.36. The second-order valence-corrected chi connectivity index (χ2v) is 7.81. The van der Waals surface area contributed by atoms with Gasteiger partial charge in [0.15, 0.2) is 6.29 Å². The largest absolute Gasteiger partial charge is 0.353 e. The number of hydrogen-bond acceptors (Lipinski definition) is 2. The molecular formula is C24H44O2. The van der Waals surface area contributed by atoms with Gasteiger partial charge in [0, 0.05) is 13.0 Å². The molecule has 2 heteroatoms. The Kier molecular flexibility index (Phi) is 17.4. The van der Waals surface area contributed by atoms with E-state index in [1.54, 1.807) is 0 Å². The third-order valence-electron chi connectivity index (χ3n) is 5.26. The first-order valence-electron chi connectivity index (χ1n) is 11.6. The molecule has 0 aliphatic carbocycles. The molecule has 1 aliphatic rings. The highest BCUT2D eigenvalue weighted by atomic mass is 16.7. The average Bonchev–Trinajstić information content (AvgIpc) is 2.68. The SMILES string of the molecule is CCCCCCCCCCCCCCCCC#CCOC1CCCCO1. The topological polar surface area (TPSA) is 18.5 Å². The van der Waals surface area contributed by atoms with Gasteiger partial charge in [0.2, 0.25) is 0 Å². The fourth-order valence-electron chi connectivity index (χ4n) is 3.52. The maximum atomic E-state index is 5.61. The molecule has 0 aromatic rings. The summed E-state index contributed by atoms with van der Waals surface area (Å²) in [7, 11) is 0. The van der Waals surface area contributed by atoms with Crippen LogP contribution >= 0.6 is 0 Å². The minimum absolute atomic E-state index is 0.000826. The highest BCUT2D eigenvalue weighted by molar-refractivity contribution is 4.98. The van der Waals surface area contributed by atoms with Crippen LogP contribution in [-0.2, 0) is 9.47 Å². The van der Waals surface area contributed by atoms with Crippen molar-refractivity contribution in [1.82, 2.24) is 0 Å². The van der Waals surface area contributed by atoms with Crippen molar-refractivity contribution in [3.8, 4) is 11.8 Å². The molecule has 152 valence electrons. The quantitative estimate of drug-likeness (QED) is 0.210. The predicted octanol–water partition coefficient (Wildman–Crippen LogP) is 7.40. The van der Waals surface area contributed by atoms with E-state index in [0.717, 1.165) is 19.4 Å². The van der Waals surface area contributed by atoms with Crippen LogP contribution in [0.2, 0.25) is 0 Å². The molecule has 1 atom stereocenters. The molecule has 0 amide bonds. The molecule has 0 spiro atoms. The molecule has 0 aromatic carbocycles. The highest BCUT2D eigenvalue weighted by Crippen LogP contribution is 2.14. The third kappa shape index (κ3) is 15.7. The Morgan fingerprint density at radius 2 is 1.31 bits per heavy atom. The van der Waals surface area contributed by atoms with Gasteiger partial charge in [0.05, 0.1) is 0 Å². The second kappa shape index (κ2) is 19.2. The van der Waals surface area contributed by atoms with E-state index in [0.29, 0.717) is 6.61 Å². The number of hydrogen-bond donors (Lipinski definition) is 0. The smallest absolute Gasteiger partial charge is 0.158 e. The lowest BCUT2D eigenvalue weighted by Crippen LogP contribution is -2.22. The lowest BCUT2D eigenvalue weighted by atomic mass is 10.0. The number of rotatable bonds is 16. The van der Waals surface area contributed by atoms with E-state index in [-0.39, 0.29) is 6.29 Å². The molecule has 1 saturated heterocycles. The van der Waals surface area contributed by atoms with Crippen LogP contribution in [0.25, 0.3) is 0 Å². The van der Waals surface area contributed by atoms with Crippen molar-refractivity contribution in [2.24, 2.45) is 0 Å². The summed E-state index contributed by atoms with van der Waals surface area (Å²) < 4.78 is 11.1. The van der Waals surface area contributed by atoms with Gasteiger partial charge in [-0.2, -0.15) is 0 Å². The summed E-state index contributed by atoms with van der Waals surface area (Å²) in [6, 6.07) is 0. The Morgan fingerprint density at radius 1 is 0.731 bits per heavy atom. The van der Waals surface area contributed by atoms with Crippen LogP contribution in [0.4, 0.5) is 0 Å². The standard InChI is InChI=1S/C24H44O2/c1-2-3-4-5-6-7-8-9-10-11-12-13-14-15-16-17-19-22-25-24-21-18-20-23-26-24/h24H,2-16,18,20-23H2,1H3. The summed E-state index contributed by atoms with van der Waals surface area (Å²) >= 11 is 0. The average molecular weight is 365 g/mol. The molecule has 0 bridgehead atoms. The molecule has 1 fully saturated rings. The number of unbranched alkanes of at least 4 members (excludes halogenated alkanes) is 14. The Labute approximate surface area is 163 Å². The Bertz CT molecular complexity index is 336. The van der Waals surface area contributed by atoms with Crippen LogP contribution in [-0.4, -0.2) is 19.5 Å². The van der Waals surface area contributed by atoms with Crippen molar-refractivity contribution in [3.63, 3.8) is 0 Å². The third-order valence-corrected chi connectivity index (χ3v) is 5.26. The Hall–Kier alpha value is -0.520. The van der Waals surface area contributed by atoms with Crippen LogP contribution in [0.1, 0.15) is 122 Å². The van der Waals surface area contributed by atoms with Gasteiger partial charge in [-0.25, -0.2) is 0 Å². The van der Waals surface area contributed by atoms with Gasteiger partial charge in [0.25, 0.3) is 0 Å². The minimum Gasteiger partial charge on any atom is -0.353 e. The molecule has 0 aromatic heterocycles. The summed E-state index contributed by atoms with van der Waals surface area (Å²) in [5, 5.41) is 0. The van der Waals surface area contributed by atoms with Gasteiger partial charge in [-0.15, -0.1) is 5.92 Å². The summed E-state index contributed by atoms with van der Waals surface area (Å²) in [6.07, 6.45) is 24.2. The van der Waals surface area contributed by atoms with E-state index in [2.05, 4.69) is 18.8 Å². The van der Waals surface area contributed by atoms with Gasteiger partial charge in [-0.1, -0.05) is 96.3 Å². The van der Waals surface area contributed by atoms with Crippen molar-refractivity contribution in [2.45, 2.75) is 129 Å². The Morgan fingerprint density at radius 3 is 1.85 bits per heavy atom. The molecule has 0 saturated carbocycles. The Balaban J connectivity index is 1.71. The molecule has 1 heterocycles. The van der Waals surface area contributed by atoms with Gasteiger partial charge in [-0.3, -0.25) is 0 Å². The van der Waals surface area contributed by atoms with E-state index in [9.17, 15) is 0 Å². The van der Waals surface area contributed by atoms with Crippen LogP contribution in [0.3, 0.4) is 0 Å². The molecule has 1 rings (SSSR count). The first-order chi connectivity index (χ1) is 12.9. The van der Waals surface area contributed by atoms with E-state index in [4.69, 9.17) is 9.47 Å². The zero-order chi connectivity index (χ0) is 18.5. The zero-order valence-electron chi connectivity index (χ0n) is 17.5. The molecule has 1 aliphatic heterocycles. The molecule has 0 N–H and O–H groups in total. The predicted molar refractivity (Wildman–Crippen MR) is 112 cm³/mol. The van der Waals surface area contributed by atoms with E-state index in [1.165, 1.54) is 103 Å². The molecule has 26 heavy (non-hydrogen) atoms. The van der Waals surface area contributed by atoms with Crippen molar-refractivity contribution in [3.05, 3.63) is 0 Å². The van der Waals surface area contributed by atoms with E-state index >= 15 is 0 Å². The summed E-state index contributed by atoms with van der Waals surface area (Å²) in [4.78, 5) is 0. The number of ether oxygens (including phenoxy) is 2. The van der Waals surface area contributed by atoms with Crippen LogP contribution in [0.5, 0.6) is 0 Å². The van der Waals surface area contributed by atoms with Crippen molar-refractivity contribution in [2.75, 3.05) is 13.2 Å². The maximum Gasteiger partial charge on any atom is 0.158 e. The van der Waals surface area contributed by atoms with Crippen molar-refractivity contribution in [1.29, 1.82) is 0 Å². The van der Waals surface area contributed by atoms with E-state index in [1.807, 2.05) is 0 Å². The molecule has 2 nitrogen and oxygen atoms in total. The van der Waals surface area contributed by atoms with Gasteiger partial charge in [-0.05, 0) is 25.7 Å². The minimum atomic E-state index is -0.000826. The van der Waals surface area contributed by atoms with Crippen LogP contribution < -0.4 is 0 Å². The lowest BCUT2D eigenvalue weighted by molar-refractivity contribution is -0.154. The molecule has 1 unspecified atom stereocenters. The van der Waals surface area contributed by atoms with Crippen LogP contribution in [0.15, 0.2) is 0 Å². The normalized spacial score (nSPS) is 17.0. The van der Waals surface area contributed by atoms with Crippen molar-refractivity contribution >= 4 is 0 Å². The van der Waals surface area contributed by atoms with E-state index < -0.39 is 0 Å². The first-order valence-corrected chi connectivity index (χ1v) is 11.6. The lowest BCUT2D eigenvalue weighted by Gasteiger charge is -2.21. The summed E-state index contributed by atoms with van der Waals surface area (Å²) in [6.45, 7) is 3.66. The monoisotopic (exact) mass is 364 g/mol. The fraction of sp³-hybridized carbons (Fsp3) is 0.917. The fourth-order valence-corrected chi connectivity index (χ4v) is 3.52. The highest BCUT2D eigenvalue weighted by Gasteiger charge is 2.12. The van der Waals surface area contributed by atoms with Gasteiger partial charge in [0.1, 0.15) is 6.61 Å². The maximum absolute atomic E-state index is 5.61. The van der Waals surface area contributed by atoms with Crippen molar-refractivity contribution < 1.29 is 9.47 Å². The molecule has 0 radical (unpaired) electrons.